The number of pyridine rings is 1. The molecule has 138 valence electrons. The first-order valence-corrected chi connectivity index (χ1v) is 8.97. The van der Waals surface area contributed by atoms with Crippen molar-refractivity contribution in [1.82, 2.24) is 14.9 Å². The van der Waals surface area contributed by atoms with E-state index in [0.29, 0.717) is 13.1 Å². The Bertz CT molecular complexity index is 1080. The minimum absolute atomic E-state index is 0.121. The van der Waals surface area contributed by atoms with Gasteiger partial charge in [-0.25, -0.2) is 0 Å². The molecule has 1 aliphatic rings. The number of carbonyl (C=O) groups excluding carboxylic acids is 1. The van der Waals surface area contributed by atoms with Gasteiger partial charge < -0.3 is 19.6 Å². The first-order valence-electron chi connectivity index (χ1n) is 8.97. The summed E-state index contributed by atoms with van der Waals surface area (Å²) in [5, 5.41) is 1.20. The van der Waals surface area contributed by atoms with Gasteiger partial charge in [0.25, 0.3) is 5.91 Å². The average molecular weight is 363 g/mol. The van der Waals surface area contributed by atoms with E-state index in [1.54, 1.807) is 11.8 Å². The van der Waals surface area contributed by atoms with Crippen molar-refractivity contribution in [3.8, 4) is 5.75 Å². The molecular formula is C21H21N3O3. The highest BCUT2D eigenvalue weighted by Crippen LogP contribution is 2.29. The summed E-state index contributed by atoms with van der Waals surface area (Å²) in [7, 11) is 0. The number of aromatic amines is 2. The summed E-state index contributed by atoms with van der Waals surface area (Å²) in [4.78, 5) is 32.2. The third-order valence-corrected chi connectivity index (χ3v) is 4.87. The third-order valence-electron chi connectivity index (χ3n) is 4.87. The van der Waals surface area contributed by atoms with Crippen LogP contribution in [0.25, 0.3) is 16.5 Å². The predicted molar refractivity (Wildman–Crippen MR) is 105 cm³/mol. The van der Waals surface area contributed by atoms with Gasteiger partial charge in [-0.3, -0.25) is 9.59 Å². The smallest absolute Gasteiger partial charge is 0.260 e. The van der Waals surface area contributed by atoms with E-state index in [-0.39, 0.29) is 23.7 Å². The van der Waals surface area contributed by atoms with Crippen molar-refractivity contribution in [3.63, 3.8) is 0 Å². The number of aryl methyl sites for hydroxylation is 1. The molecular weight excluding hydrogens is 342 g/mol. The fourth-order valence-corrected chi connectivity index (χ4v) is 3.38. The molecule has 4 rings (SSSR count). The van der Waals surface area contributed by atoms with E-state index in [9.17, 15) is 9.59 Å². The number of hydrogen-bond donors (Lipinski definition) is 2. The van der Waals surface area contributed by atoms with Gasteiger partial charge >= 0.3 is 0 Å². The highest BCUT2D eigenvalue weighted by Gasteiger charge is 2.20. The molecule has 6 nitrogen and oxygen atoms in total. The second kappa shape index (κ2) is 7.15. The van der Waals surface area contributed by atoms with Gasteiger partial charge in [-0.05, 0) is 25.0 Å². The third kappa shape index (κ3) is 3.51. The van der Waals surface area contributed by atoms with Crippen LogP contribution in [0.2, 0.25) is 0 Å². The number of aromatic nitrogens is 2. The fourth-order valence-electron chi connectivity index (χ4n) is 3.38. The second-order valence-corrected chi connectivity index (χ2v) is 6.70. The van der Waals surface area contributed by atoms with Crippen molar-refractivity contribution in [2.24, 2.45) is 0 Å². The number of benzene rings is 1. The van der Waals surface area contributed by atoms with E-state index in [1.165, 1.54) is 28.8 Å². The second-order valence-electron chi connectivity index (χ2n) is 6.70. The van der Waals surface area contributed by atoms with Gasteiger partial charge in [0.05, 0.1) is 0 Å². The molecule has 3 heterocycles. The van der Waals surface area contributed by atoms with Crippen molar-refractivity contribution < 1.29 is 9.53 Å². The molecule has 1 aliphatic heterocycles. The molecule has 2 N–H and O–H groups in total. The van der Waals surface area contributed by atoms with E-state index in [4.69, 9.17) is 4.74 Å². The van der Waals surface area contributed by atoms with Crippen LogP contribution in [0.5, 0.6) is 5.75 Å². The lowest BCUT2D eigenvalue weighted by molar-refractivity contribution is -0.132. The number of H-pyrrole nitrogens is 2. The molecule has 0 unspecified atom stereocenters. The number of nitrogens with zero attached hydrogens (tertiary/aromatic N) is 1. The lowest BCUT2D eigenvalue weighted by Gasteiger charge is -2.26. The quantitative estimate of drug-likeness (QED) is 0.748. The number of fused-ring (bicyclic) bond motifs is 1. The molecule has 0 saturated heterocycles. The molecule has 1 amide bonds. The molecule has 0 spiro atoms. The molecule has 0 radical (unpaired) electrons. The maximum absolute atomic E-state index is 12.4. The Balaban J connectivity index is 1.40. The van der Waals surface area contributed by atoms with Crippen molar-refractivity contribution in [2.75, 3.05) is 19.7 Å². The lowest BCUT2D eigenvalue weighted by atomic mass is 9.99. The van der Waals surface area contributed by atoms with Crippen LogP contribution in [0.15, 0.2) is 53.6 Å². The van der Waals surface area contributed by atoms with Gasteiger partial charge in [-0.15, -0.1) is 0 Å². The molecule has 0 atom stereocenters. The zero-order valence-electron chi connectivity index (χ0n) is 15.1. The topological polar surface area (TPSA) is 78.2 Å². The molecule has 2 aromatic heterocycles. The highest BCUT2D eigenvalue weighted by molar-refractivity contribution is 5.93. The van der Waals surface area contributed by atoms with Crippen molar-refractivity contribution in [2.45, 2.75) is 13.3 Å². The predicted octanol–water partition coefficient (Wildman–Crippen LogP) is 2.86. The minimum Gasteiger partial charge on any atom is -0.478 e. The van der Waals surface area contributed by atoms with Crippen LogP contribution in [-0.4, -0.2) is 40.5 Å². The van der Waals surface area contributed by atoms with Gasteiger partial charge in [0, 0.05) is 53.7 Å². The normalized spacial score (nSPS) is 14.3. The Morgan fingerprint density at radius 3 is 2.85 bits per heavy atom. The summed E-state index contributed by atoms with van der Waals surface area (Å²) in [6, 6.07) is 9.66. The van der Waals surface area contributed by atoms with E-state index >= 15 is 0 Å². The molecule has 0 aliphatic carbocycles. The fraction of sp³-hybridized carbons (Fsp3) is 0.238. The Labute approximate surface area is 156 Å². The summed E-state index contributed by atoms with van der Waals surface area (Å²) in [5.41, 5.74) is 4.08. The number of carbonyl (C=O) groups is 1. The average Bonchev–Trinajstić information content (AvgIpc) is 3.11. The Morgan fingerprint density at radius 2 is 2.07 bits per heavy atom. The molecule has 1 aromatic carbocycles. The summed E-state index contributed by atoms with van der Waals surface area (Å²) in [6.45, 7) is 2.84. The minimum atomic E-state index is -0.223. The maximum atomic E-state index is 12.4. The van der Waals surface area contributed by atoms with Gasteiger partial charge in [0.2, 0.25) is 5.43 Å². The largest absolute Gasteiger partial charge is 0.478 e. The monoisotopic (exact) mass is 363 g/mol. The summed E-state index contributed by atoms with van der Waals surface area (Å²) in [5.74, 6) is 0.0465. The Morgan fingerprint density at radius 1 is 1.22 bits per heavy atom. The van der Waals surface area contributed by atoms with Crippen LogP contribution in [0, 0.1) is 6.92 Å². The van der Waals surface area contributed by atoms with Gasteiger partial charge in [0.15, 0.2) is 12.4 Å². The molecule has 6 heteroatoms. The summed E-state index contributed by atoms with van der Waals surface area (Å²) in [6.07, 6.45) is 6.41. The first kappa shape index (κ1) is 17.1. The SMILES string of the molecule is Cc1cc(=O)c(OCC(=O)N2CC=C(c3c[nH]c4ccccc34)CC2)c[nH]1. The Hall–Kier alpha value is -3.28. The van der Waals surface area contributed by atoms with E-state index < -0.39 is 0 Å². The van der Waals surface area contributed by atoms with Crippen LogP contribution < -0.4 is 10.2 Å². The van der Waals surface area contributed by atoms with Crippen molar-refractivity contribution in [1.29, 1.82) is 0 Å². The summed E-state index contributed by atoms with van der Waals surface area (Å²) < 4.78 is 5.40. The zero-order chi connectivity index (χ0) is 18.8. The van der Waals surface area contributed by atoms with Crippen LogP contribution >= 0.6 is 0 Å². The van der Waals surface area contributed by atoms with Crippen LogP contribution in [0.3, 0.4) is 0 Å². The van der Waals surface area contributed by atoms with Crippen LogP contribution in [0.4, 0.5) is 0 Å². The molecule has 0 saturated carbocycles. The van der Waals surface area contributed by atoms with Crippen molar-refractivity contribution in [3.05, 3.63) is 70.3 Å². The number of amides is 1. The standard InChI is InChI=1S/C21H21N3O3/c1-14-10-19(25)20(12-22-14)27-13-21(26)24-8-6-15(7-9-24)17-11-23-18-5-3-2-4-16(17)18/h2-6,10-12,23H,7-9,13H2,1H3,(H,22,25). The van der Waals surface area contributed by atoms with Crippen LogP contribution in [-0.2, 0) is 4.79 Å². The molecule has 0 bridgehead atoms. The van der Waals surface area contributed by atoms with Gasteiger partial charge in [-0.2, -0.15) is 0 Å². The number of hydrogen-bond acceptors (Lipinski definition) is 3. The van der Waals surface area contributed by atoms with E-state index in [0.717, 1.165) is 17.6 Å². The Kier molecular flexibility index (Phi) is 4.54. The number of ether oxygens (including phenoxy) is 1. The number of nitrogens with one attached hydrogen (secondary N) is 2. The lowest BCUT2D eigenvalue weighted by Crippen LogP contribution is -2.38. The van der Waals surface area contributed by atoms with Gasteiger partial charge in [0.1, 0.15) is 0 Å². The molecule has 3 aromatic rings. The number of para-hydroxylation sites is 1. The zero-order valence-corrected chi connectivity index (χ0v) is 15.1. The van der Waals surface area contributed by atoms with Crippen molar-refractivity contribution >= 4 is 22.4 Å². The maximum Gasteiger partial charge on any atom is 0.260 e. The molecule has 27 heavy (non-hydrogen) atoms. The van der Waals surface area contributed by atoms with Crippen LogP contribution in [0.1, 0.15) is 17.7 Å². The highest BCUT2D eigenvalue weighted by atomic mass is 16.5. The molecule has 0 fully saturated rings. The number of rotatable bonds is 4. The summed E-state index contributed by atoms with van der Waals surface area (Å²) >= 11 is 0. The van der Waals surface area contributed by atoms with E-state index in [1.807, 2.05) is 18.3 Å². The van der Waals surface area contributed by atoms with Gasteiger partial charge in [-0.1, -0.05) is 24.3 Å². The van der Waals surface area contributed by atoms with E-state index in [2.05, 4.69) is 28.2 Å². The first-order chi connectivity index (χ1) is 13.1.